The summed E-state index contributed by atoms with van der Waals surface area (Å²) in [6, 6.07) is 11.5. The highest BCUT2D eigenvalue weighted by Gasteiger charge is 2.48. The minimum atomic E-state index is -0.410. The third-order valence-corrected chi connectivity index (χ3v) is 4.05. The van der Waals surface area contributed by atoms with Crippen LogP contribution in [0.25, 0.3) is 0 Å². The van der Waals surface area contributed by atoms with Gasteiger partial charge in [-0.2, -0.15) is 0 Å². The number of nitrogens with one attached hydrogen (secondary N) is 2. The van der Waals surface area contributed by atoms with Gasteiger partial charge in [-0.25, -0.2) is 4.39 Å². The second kappa shape index (κ2) is 6.43. The van der Waals surface area contributed by atoms with Crippen LogP contribution in [0.3, 0.4) is 0 Å². The topological polar surface area (TPSA) is 58.2 Å². The molecular weight excluding hydrogens is 307 g/mol. The van der Waals surface area contributed by atoms with Crippen LogP contribution in [0, 0.1) is 31.5 Å². The van der Waals surface area contributed by atoms with Gasteiger partial charge in [0.05, 0.1) is 11.8 Å². The van der Waals surface area contributed by atoms with E-state index < -0.39 is 5.82 Å². The molecule has 3 rings (SSSR count). The first kappa shape index (κ1) is 16.2. The first-order valence-corrected chi connectivity index (χ1v) is 7.88. The van der Waals surface area contributed by atoms with Crippen molar-refractivity contribution in [1.82, 2.24) is 0 Å². The highest BCUT2D eigenvalue weighted by atomic mass is 19.1. The van der Waals surface area contributed by atoms with Gasteiger partial charge in [0.2, 0.25) is 11.8 Å². The van der Waals surface area contributed by atoms with Crippen molar-refractivity contribution in [3.05, 3.63) is 59.4 Å². The van der Waals surface area contributed by atoms with Gasteiger partial charge < -0.3 is 10.6 Å². The Bertz CT molecular complexity index is 783. The van der Waals surface area contributed by atoms with Crippen LogP contribution >= 0.6 is 0 Å². The molecule has 0 aliphatic heterocycles. The van der Waals surface area contributed by atoms with E-state index in [0.29, 0.717) is 12.1 Å². The van der Waals surface area contributed by atoms with Crippen molar-refractivity contribution in [3.63, 3.8) is 0 Å². The fourth-order valence-corrected chi connectivity index (χ4v) is 2.86. The number of halogens is 1. The number of carbonyl (C=O) groups excluding carboxylic acids is 2. The second-order valence-electron chi connectivity index (χ2n) is 6.31. The number of aryl methyl sites for hydroxylation is 2. The van der Waals surface area contributed by atoms with Gasteiger partial charge in [0.15, 0.2) is 0 Å². The van der Waals surface area contributed by atoms with E-state index in [-0.39, 0.29) is 23.7 Å². The highest BCUT2D eigenvalue weighted by Crippen LogP contribution is 2.40. The van der Waals surface area contributed by atoms with Crippen molar-refractivity contribution in [2.45, 2.75) is 20.3 Å². The van der Waals surface area contributed by atoms with Gasteiger partial charge in [-0.1, -0.05) is 12.1 Å². The van der Waals surface area contributed by atoms with Crippen LogP contribution in [0.4, 0.5) is 15.8 Å². The van der Waals surface area contributed by atoms with Crippen molar-refractivity contribution in [3.8, 4) is 0 Å². The molecule has 0 heterocycles. The van der Waals surface area contributed by atoms with Gasteiger partial charge in [0, 0.05) is 11.4 Å². The molecule has 2 amide bonds. The normalized spacial score (nSPS) is 18.8. The lowest BCUT2D eigenvalue weighted by Gasteiger charge is -2.08. The summed E-state index contributed by atoms with van der Waals surface area (Å²) >= 11 is 0. The zero-order valence-electron chi connectivity index (χ0n) is 13.6. The summed E-state index contributed by atoms with van der Waals surface area (Å²) in [7, 11) is 0. The molecule has 1 saturated carbocycles. The molecule has 0 bridgehead atoms. The Kier molecular flexibility index (Phi) is 4.34. The lowest BCUT2D eigenvalue weighted by atomic mass is 10.1. The van der Waals surface area contributed by atoms with E-state index in [2.05, 4.69) is 10.6 Å². The number of amides is 2. The number of hydrogen-bond acceptors (Lipinski definition) is 2. The molecule has 2 aromatic carbocycles. The Morgan fingerprint density at radius 1 is 0.917 bits per heavy atom. The largest absolute Gasteiger partial charge is 0.326 e. The van der Waals surface area contributed by atoms with Gasteiger partial charge in [0.25, 0.3) is 0 Å². The molecule has 24 heavy (non-hydrogen) atoms. The van der Waals surface area contributed by atoms with Crippen molar-refractivity contribution < 1.29 is 14.0 Å². The Hall–Kier alpha value is -2.69. The number of hydrogen-bond donors (Lipinski definition) is 2. The molecule has 1 aliphatic rings. The first-order valence-electron chi connectivity index (χ1n) is 7.88. The van der Waals surface area contributed by atoms with E-state index >= 15 is 0 Å². The van der Waals surface area contributed by atoms with Crippen molar-refractivity contribution >= 4 is 23.2 Å². The highest BCUT2D eigenvalue weighted by molar-refractivity contribution is 6.03. The average molecular weight is 326 g/mol. The molecule has 2 atom stereocenters. The quantitative estimate of drug-likeness (QED) is 0.901. The van der Waals surface area contributed by atoms with E-state index in [0.717, 1.165) is 16.8 Å². The zero-order valence-corrected chi connectivity index (χ0v) is 13.6. The molecule has 124 valence electrons. The van der Waals surface area contributed by atoms with Crippen LogP contribution in [0.5, 0.6) is 0 Å². The molecule has 1 fully saturated rings. The maximum absolute atomic E-state index is 13.1. The monoisotopic (exact) mass is 326 g/mol. The summed E-state index contributed by atoms with van der Waals surface area (Å²) in [6.45, 7) is 3.93. The summed E-state index contributed by atoms with van der Waals surface area (Å²) < 4.78 is 13.1. The molecule has 2 N–H and O–H groups in total. The molecule has 0 aromatic heterocycles. The van der Waals surface area contributed by atoms with Crippen molar-refractivity contribution in [2.75, 3.05) is 10.6 Å². The first-order chi connectivity index (χ1) is 11.4. The number of rotatable bonds is 4. The lowest BCUT2D eigenvalue weighted by Crippen LogP contribution is -2.20. The summed E-state index contributed by atoms with van der Waals surface area (Å²) in [5, 5.41) is 5.52. The maximum atomic E-state index is 13.1. The molecule has 2 aromatic rings. The molecule has 0 radical (unpaired) electrons. The van der Waals surface area contributed by atoms with Crippen LogP contribution in [-0.4, -0.2) is 11.8 Å². The summed E-state index contributed by atoms with van der Waals surface area (Å²) in [5.41, 5.74) is 3.29. The number of anilines is 2. The van der Waals surface area contributed by atoms with Crippen LogP contribution in [-0.2, 0) is 9.59 Å². The third-order valence-electron chi connectivity index (χ3n) is 4.05. The van der Waals surface area contributed by atoms with Crippen molar-refractivity contribution in [2.24, 2.45) is 11.8 Å². The minimum absolute atomic E-state index is 0.153. The third kappa shape index (κ3) is 3.79. The van der Waals surface area contributed by atoms with Gasteiger partial charge in [0.1, 0.15) is 5.82 Å². The van der Waals surface area contributed by atoms with E-state index in [9.17, 15) is 14.0 Å². The van der Waals surface area contributed by atoms with E-state index in [1.807, 2.05) is 32.0 Å². The predicted octanol–water partition coefficient (Wildman–Crippen LogP) is 3.66. The van der Waals surface area contributed by atoms with Crippen LogP contribution in [0.2, 0.25) is 0 Å². The second-order valence-corrected chi connectivity index (χ2v) is 6.31. The number of benzene rings is 2. The van der Waals surface area contributed by atoms with Gasteiger partial charge in [-0.3, -0.25) is 9.59 Å². The van der Waals surface area contributed by atoms with Crippen LogP contribution in [0.1, 0.15) is 17.5 Å². The van der Waals surface area contributed by atoms with Gasteiger partial charge in [-0.05, 0) is 61.7 Å². The van der Waals surface area contributed by atoms with E-state index in [1.165, 1.54) is 18.2 Å². The molecular formula is C19H19FN2O2. The fourth-order valence-electron chi connectivity index (χ4n) is 2.86. The molecule has 2 unspecified atom stereocenters. The summed E-state index contributed by atoms with van der Waals surface area (Å²) in [6.07, 6.45) is 0.512. The zero-order chi connectivity index (χ0) is 17.3. The van der Waals surface area contributed by atoms with Gasteiger partial charge >= 0.3 is 0 Å². The minimum Gasteiger partial charge on any atom is -0.326 e. The predicted molar refractivity (Wildman–Crippen MR) is 91.2 cm³/mol. The number of carbonyl (C=O) groups is 2. The molecule has 1 aliphatic carbocycles. The molecule has 5 heteroatoms. The van der Waals surface area contributed by atoms with Crippen LogP contribution in [0.15, 0.2) is 42.5 Å². The SMILES string of the molecule is Cc1cc(C)cc(NC(=O)C2CC2C(=O)Nc2cccc(F)c2)c1. The summed E-state index contributed by atoms with van der Waals surface area (Å²) in [4.78, 5) is 24.4. The smallest absolute Gasteiger partial charge is 0.228 e. The van der Waals surface area contributed by atoms with E-state index in [1.54, 1.807) is 6.07 Å². The lowest BCUT2D eigenvalue weighted by molar-refractivity contribution is -0.122. The summed E-state index contributed by atoms with van der Waals surface area (Å²) in [5.74, 6) is -1.51. The van der Waals surface area contributed by atoms with Crippen LogP contribution < -0.4 is 10.6 Å². The molecule has 4 nitrogen and oxygen atoms in total. The Morgan fingerprint density at radius 2 is 1.50 bits per heavy atom. The molecule has 0 saturated heterocycles. The Labute approximate surface area is 140 Å². The Balaban J connectivity index is 1.58. The maximum Gasteiger partial charge on any atom is 0.228 e. The van der Waals surface area contributed by atoms with Crippen molar-refractivity contribution in [1.29, 1.82) is 0 Å². The average Bonchev–Trinajstić information content (AvgIpc) is 3.26. The fraction of sp³-hybridized carbons (Fsp3) is 0.263. The molecule has 0 spiro atoms. The van der Waals surface area contributed by atoms with E-state index in [4.69, 9.17) is 0 Å². The standard InChI is InChI=1S/C19H19FN2O2/c1-11-6-12(2)8-15(7-11)22-19(24)17-10-16(17)18(23)21-14-5-3-4-13(20)9-14/h3-9,16-17H,10H2,1-2H3,(H,21,23)(H,22,24). The Morgan fingerprint density at radius 3 is 2.08 bits per heavy atom. The van der Waals surface area contributed by atoms with Gasteiger partial charge in [-0.15, -0.1) is 0 Å².